The van der Waals surface area contributed by atoms with Crippen LogP contribution in [0.25, 0.3) is 0 Å². The van der Waals surface area contributed by atoms with Crippen molar-refractivity contribution < 1.29 is 4.79 Å². The number of hydrogen-bond acceptors (Lipinski definition) is 3. The van der Waals surface area contributed by atoms with Crippen LogP contribution in [0.2, 0.25) is 0 Å². The molecule has 0 aromatic heterocycles. The van der Waals surface area contributed by atoms with E-state index in [-0.39, 0.29) is 11.2 Å². The van der Waals surface area contributed by atoms with Crippen molar-refractivity contribution in [1.82, 2.24) is 9.80 Å². The van der Waals surface area contributed by atoms with E-state index < -0.39 is 0 Å². The fraction of sp³-hybridized carbons (Fsp3) is 0.917. The molecule has 0 aromatic carbocycles. The quantitative estimate of drug-likeness (QED) is 0.753. The van der Waals surface area contributed by atoms with E-state index in [9.17, 15) is 4.79 Å². The van der Waals surface area contributed by atoms with E-state index in [1.165, 1.54) is 25.9 Å². The summed E-state index contributed by atoms with van der Waals surface area (Å²) in [5.74, 6) is 1.16. The molecule has 0 saturated carbocycles. The standard InChI is InChI=1S/C12H22N2OS/c1-10-2-4-13(5-3-10)6-7-14-9-11(16)8-12(14)15/h10-11,16H,2-9H2,1H3. The SMILES string of the molecule is CC1CCN(CCN2CC(S)CC2=O)CC1. The van der Waals surface area contributed by atoms with Crippen molar-refractivity contribution in [1.29, 1.82) is 0 Å². The van der Waals surface area contributed by atoms with Gasteiger partial charge in [-0.1, -0.05) is 6.92 Å². The van der Waals surface area contributed by atoms with Gasteiger partial charge < -0.3 is 9.80 Å². The zero-order valence-corrected chi connectivity index (χ0v) is 11.0. The Bertz CT molecular complexity index is 251. The lowest BCUT2D eigenvalue weighted by molar-refractivity contribution is -0.127. The van der Waals surface area contributed by atoms with Crippen molar-refractivity contribution in [3.63, 3.8) is 0 Å². The maximum Gasteiger partial charge on any atom is 0.223 e. The maximum absolute atomic E-state index is 11.6. The lowest BCUT2D eigenvalue weighted by Gasteiger charge is -2.31. The molecular formula is C12H22N2OS. The summed E-state index contributed by atoms with van der Waals surface area (Å²) in [6, 6.07) is 0. The number of amides is 1. The normalized spacial score (nSPS) is 29.0. The molecule has 1 amide bonds. The van der Waals surface area contributed by atoms with Gasteiger partial charge in [0.1, 0.15) is 0 Å². The fourth-order valence-corrected chi connectivity index (χ4v) is 2.87. The van der Waals surface area contributed by atoms with Crippen LogP contribution in [0.4, 0.5) is 0 Å². The molecule has 2 aliphatic rings. The highest BCUT2D eigenvalue weighted by atomic mass is 32.1. The van der Waals surface area contributed by atoms with Crippen LogP contribution >= 0.6 is 12.6 Å². The summed E-state index contributed by atoms with van der Waals surface area (Å²) >= 11 is 4.37. The number of piperidine rings is 1. The van der Waals surface area contributed by atoms with Crippen molar-refractivity contribution in [2.24, 2.45) is 5.92 Å². The molecule has 2 rings (SSSR count). The van der Waals surface area contributed by atoms with E-state index in [4.69, 9.17) is 0 Å². The lowest BCUT2D eigenvalue weighted by atomic mass is 9.99. The van der Waals surface area contributed by atoms with E-state index >= 15 is 0 Å². The van der Waals surface area contributed by atoms with Gasteiger partial charge in [-0.15, -0.1) is 0 Å². The Morgan fingerprint density at radius 1 is 1.31 bits per heavy atom. The summed E-state index contributed by atoms with van der Waals surface area (Å²) in [7, 11) is 0. The van der Waals surface area contributed by atoms with Gasteiger partial charge in [0.15, 0.2) is 0 Å². The minimum absolute atomic E-state index is 0.258. The number of carbonyl (C=O) groups is 1. The van der Waals surface area contributed by atoms with Crippen molar-refractivity contribution in [3.05, 3.63) is 0 Å². The van der Waals surface area contributed by atoms with Crippen LogP contribution in [0.1, 0.15) is 26.2 Å². The molecule has 1 unspecified atom stereocenters. The van der Waals surface area contributed by atoms with Gasteiger partial charge in [0, 0.05) is 31.3 Å². The molecule has 0 aromatic rings. The summed E-state index contributed by atoms with van der Waals surface area (Å²) in [6.45, 7) is 7.50. The van der Waals surface area contributed by atoms with Crippen molar-refractivity contribution >= 4 is 18.5 Å². The predicted molar refractivity (Wildman–Crippen MR) is 68.8 cm³/mol. The summed E-state index contributed by atoms with van der Waals surface area (Å²) in [4.78, 5) is 16.0. The van der Waals surface area contributed by atoms with Crippen LogP contribution < -0.4 is 0 Å². The van der Waals surface area contributed by atoms with Crippen LogP contribution in [0.15, 0.2) is 0 Å². The molecule has 2 heterocycles. The van der Waals surface area contributed by atoms with E-state index in [0.29, 0.717) is 6.42 Å². The smallest absolute Gasteiger partial charge is 0.223 e. The number of rotatable bonds is 3. The number of hydrogen-bond donors (Lipinski definition) is 1. The minimum Gasteiger partial charge on any atom is -0.340 e. The second kappa shape index (κ2) is 5.41. The molecule has 2 fully saturated rings. The van der Waals surface area contributed by atoms with Gasteiger partial charge >= 0.3 is 0 Å². The Kier molecular flexibility index (Phi) is 4.14. The Hall–Kier alpha value is -0.220. The average Bonchev–Trinajstić information content (AvgIpc) is 2.57. The molecule has 3 nitrogen and oxygen atoms in total. The zero-order valence-electron chi connectivity index (χ0n) is 10.1. The summed E-state index contributed by atoms with van der Waals surface area (Å²) in [5, 5.41) is 0.258. The molecule has 4 heteroatoms. The lowest BCUT2D eigenvalue weighted by Crippen LogP contribution is -2.39. The molecule has 92 valence electrons. The molecule has 16 heavy (non-hydrogen) atoms. The Labute approximate surface area is 104 Å². The fourth-order valence-electron chi connectivity index (χ4n) is 2.52. The van der Waals surface area contributed by atoms with Gasteiger partial charge in [0.05, 0.1) is 0 Å². The van der Waals surface area contributed by atoms with E-state index in [0.717, 1.165) is 25.6 Å². The first-order valence-electron chi connectivity index (χ1n) is 6.33. The first-order valence-corrected chi connectivity index (χ1v) is 6.85. The molecule has 0 aliphatic carbocycles. The van der Waals surface area contributed by atoms with Crippen LogP contribution in [0.5, 0.6) is 0 Å². The first-order chi connectivity index (χ1) is 7.65. The van der Waals surface area contributed by atoms with Crippen LogP contribution in [-0.4, -0.2) is 53.7 Å². The van der Waals surface area contributed by atoms with E-state index in [1.807, 2.05) is 4.90 Å². The highest BCUT2D eigenvalue weighted by molar-refractivity contribution is 7.81. The highest BCUT2D eigenvalue weighted by Crippen LogP contribution is 2.18. The largest absolute Gasteiger partial charge is 0.340 e. The number of likely N-dealkylation sites (tertiary alicyclic amines) is 2. The summed E-state index contributed by atoms with van der Waals surface area (Å²) in [5.41, 5.74) is 0. The number of carbonyl (C=O) groups excluding carboxylic acids is 1. The van der Waals surface area contributed by atoms with E-state index in [1.54, 1.807) is 0 Å². The van der Waals surface area contributed by atoms with Crippen LogP contribution in [-0.2, 0) is 4.79 Å². The van der Waals surface area contributed by atoms with Crippen molar-refractivity contribution in [2.75, 3.05) is 32.7 Å². The Morgan fingerprint density at radius 2 is 2.00 bits per heavy atom. The third-order valence-corrected chi connectivity index (χ3v) is 4.10. The molecule has 0 N–H and O–H groups in total. The van der Waals surface area contributed by atoms with Gasteiger partial charge in [-0.25, -0.2) is 0 Å². The van der Waals surface area contributed by atoms with Gasteiger partial charge in [-0.3, -0.25) is 4.79 Å². The van der Waals surface area contributed by atoms with E-state index in [2.05, 4.69) is 24.5 Å². The molecule has 0 bridgehead atoms. The average molecular weight is 242 g/mol. The third kappa shape index (κ3) is 3.14. The van der Waals surface area contributed by atoms with Crippen molar-refractivity contribution in [2.45, 2.75) is 31.4 Å². The first kappa shape index (κ1) is 12.2. The Morgan fingerprint density at radius 3 is 2.56 bits per heavy atom. The third-order valence-electron chi connectivity index (χ3n) is 3.76. The molecule has 0 spiro atoms. The molecule has 0 radical (unpaired) electrons. The van der Waals surface area contributed by atoms with Gasteiger partial charge in [0.2, 0.25) is 5.91 Å². The monoisotopic (exact) mass is 242 g/mol. The summed E-state index contributed by atoms with van der Waals surface area (Å²) in [6.07, 6.45) is 3.24. The van der Waals surface area contributed by atoms with Crippen LogP contribution in [0.3, 0.4) is 0 Å². The zero-order chi connectivity index (χ0) is 11.5. The topological polar surface area (TPSA) is 23.6 Å². The highest BCUT2D eigenvalue weighted by Gasteiger charge is 2.27. The second-order valence-corrected chi connectivity index (χ2v) is 5.95. The number of thiol groups is 1. The second-order valence-electron chi connectivity index (χ2n) is 5.22. The molecule has 2 saturated heterocycles. The van der Waals surface area contributed by atoms with Crippen LogP contribution in [0, 0.1) is 5.92 Å². The van der Waals surface area contributed by atoms with Crippen molar-refractivity contribution in [3.8, 4) is 0 Å². The number of nitrogens with zero attached hydrogens (tertiary/aromatic N) is 2. The summed E-state index contributed by atoms with van der Waals surface area (Å²) < 4.78 is 0. The minimum atomic E-state index is 0.258. The van der Waals surface area contributed by atoms with Gasteiger partial charge in [-0.2, -0.15) is 12.6 Å². The van der Waals surface area contributed by atoms with Gasteiger partial charge in [-0.05, 0) is 31.8 Å². The maximum atomic E-state index is 11.6. The molecule has 1 atom stereocenters. The van der Waals surface area contributed by atoms with Gasteiger partial charge in [0.25, 0.3) is 0 Å². The molecule has 2 aliphatic heterocycles. The molecular weight excluding hydrogens is 220 g/mol. The Balaban J connectivity index is 1.69. The predicted octanol–water partition coefficient (Wildman–Crippen LogP) is 1.25.